The van der Waals surface area contributed by atoms with Gasteiger partial charge in [0.2, 0.25) is 0 Å². The molecule has 0 fully saturated rings. The minimum atomic E-state index is -4.66. The quantitative estimate of drug-likeness (QED) is 0.0483. The number of rotatable bonds is 68. The first kappa shape index (κ1) is 94.5. The number of hydrogen-bond donors (Lipinski definition) is 2. The van der Waals surface area contributed by atoms with E-state index in [1.807, 2.05) is 0 Å². The molecule has 0 aliphatic rings. The summed E-state index contributed by atoms with van der Waals surface area (Å²) in [4.78, 5) is -0.334. The Labute approximate surface area is 611 Å². The summed E-state index contributed by atoms with van der Waals surface area (Å²) < 4.78 is 83.2. The summed E-state index contributed by atoms with van der Waals surface area (Å²) in [6, 6.07) is 2.59. The zero-order valence-corrected chi connectivity index (χ0v) is 68.0. The molecule has 2 aromatic rings. The van der Waals surface area contributed by atoms with Gasteiger partial charge in [-0.05, 0) is 123 Å². The van der Waals surface area contributed by atoms with E-state index in [4.69, 9.17) is 2.81 Å². The fourth-order valence-corrected chi connectivity index (χ4v) is 16.0. The van der Waals surface area contributed by atoms with Crippen LogP contribution >= 0.6 is 0 Å². The maximum absolute atomic E-state index is 12.5. The van der Waals surface area contributed by atoms with Crippen LogP contribution in [-0.4, -0.2) is 36.2 Å². The maximum atomic E-state index is 12.5. The van der Waals surface area contributed by atoms with E-state index in [9.17, 15) is 36.2 Å². The molecule has 0 bridgehead atoms. The molecule has 0 aliphatic heterocycles. The fraction of sp³-hybridized carbons (Fsp3) is 0.857. The molecule has 0 spiro atoms. The number of benzene rings is 2. The van der Waals surface area contributed by atoms with Gasteiger partial charge >= 0.3 is 27.5 Å². The molecule has 0 unspecified atom stereocenters. The standard InChI is InChI=1S/2C42H78O4S.O.Zr/c2*1-4-7-10-13-16-19-22-25-28-31-34-38-39(35-32-29-26-23-20-17-14-11-8-5-2)41(43)37-42(47(44,45)46)40(38)36-33-30-27-24-21-18-15-12-9-6-3;;/h2*37,43H,4-36H2,1-3H3,(H,44,45,46);;/q;;;+2/p-2. The van der Waals surface area contributed by atoms with E-state index >= 15 is 0 Å². The van der Waals surface area contributed by atoms with Crippen molar-refractivity contribution in [1.82, 2.24) is 0 Å². The molecule has 0 heterocycles. The predicted octanol–water partition coefficient (Wildman–Crippen LogP) is 27.3. The van der Waals surface area contributed by atoms with E-state index < -0.39 is 20.2 Å². The first-order chi connectivity index (χ1) is 46.7. The van der Waals surface area contributed by atoms with Crippen molar-refractivity contribution in [1.29, 1.82) is 0 Å². The molecule has 0 saturated carbocycles. The molecule has 560 valence electrons. The van der Waals surface area contributed by atoms with Gasteiger partial charge in [-0.25, -0.2) is 16.8 Å². The average molecular weight is 1460 g/mol. The zero-order valence-electron chi connectivity index (χ0n) is 63.9. The summed E-state index contributed by atoms with van der Waals surface area (Å²) in [5.74, 6) is 0.0357. The Morgan fingerprint density at radius 1 is 0.229 bits per heavy atom. The molecule has 12 heteroatoms. The van der Waals surface area contributed by atoms with Crippen LogP contribution in [0.1, 0.15) is 460 Å². The Morgan fingerprint density at radius 2 is 0.354 bits per heavy atom. The zero-order chi connectivity index (χ0) is 70.9. The summed E-state index contributed by atoms with van der Waals surface area (Å²) in [7, 11) is -9.33. The molecule has 2 aromatic carbocycles. The molecule has 0 saturated heterocycles. The van der Waals surface area contributed by atoms with Crippen molar-refractivity contribution in [3.63, 3.8) is 0 Å². The predicted molar refractivity (Wildman–Crippen MR) is 406 cm³/mol. The molecule has 0 amide bonds. The molecule has 0 radical (unpaired) electrons. The van der Waals surface area contributed by atoms with Crippen LogP contribution in [0.15, 0.2) is 21.9 Å². The van der Waals surface area contributed by atoms with Gasteiger partial charge in [0, 0.05) is 0 Å². The molecule has 2 rings (SSSR count). The van der Waals surface area contributed by atoms with Gasteiger partial charge in [0.25, 0.3) is 0 Å². The van der Waals surface area contributed by atoms with Crippen LogP contribution in [0.25, 0.3) is 0 Å². The van der Waals surface area contributed by atoms with Crippen molar-refractivity contribution >= 4 is 20.2 Å². The molecular weight excluding hydrogens is 1310 g/mol. The van der Waals surface area contributed by atoms with E-state index in [1.54, 1.807) is 0 Å². The van der Waals surface area contributed by atoms with E-state index in [1.165, 1.54) is 307 Å². The van der Waals surface area contributed by atoms with E-state index in [2.05, 4.69) is 41.5 Å². The normalized spacial score (nSPS) is 11.7. The van der Waals surface area contributed by atoms with Crippen molar-refractivity contribution < 1.29 is 63.7 Å². The van der Waals surface area contributed by atoms with E-state index in [-0.39, 0.29) is 21.3 Å². The van der Waals surface area contributed by atoms with Gasteiger partial charge in [-0.3, -0.25) is 0 Å². The summed E-state index contributed by atoms with van der Waals surface area (Å²) in [6.07, 6.45) is 78.7. The van der Waals surface area contributed by atoms with Crippen molar-refractivity contribution in [2.75, 3.05) is 0 Å². The van der Waals surface area contributed by atoms with Crippen molar-refractivity contribution in [2.45, 2.75) is 475 Å². The second kappa shape index (κ2) is 68.0. The number of hydrogen-bond acceptors (Lipinski definition) is 9. The Bertz CT molecular complexity index is 2130. The number of phenolic OH excluding ortho intramolecular Hbond substituents is 2. The topological polar surface area (TPSA) is 172 Å². The molecule has 0 atom stereocenters. The Balaban J connectivity index is 0.00000183. The minimum absolute atomic E-state index is 0.0178. The average Bonchev–Trinajstić information content (AvgIpc) is 0.793. The number of phenols is 2. The van der Waals surface area contributed by atoms with Gasteiger partial charge in [-0.1, -0.05) is 388 Å². The second-order valence-electron chi connectivity index (χ2n) is 29.2. The van der Waals surface area contributed by atoms with Gasteiger partial charge < -0.3 is 19.3 Å². The molecule has 96 heavy (non-hydrogen) atoms. The first-order valence-corrected chi connectivity index (χ1v) is 45.4. The SMILES string of the molecule is CCCCCCCCCCCCc1c(O)cc(S(=O)(=O)[O-])c(CCCCCCCCCCCC)c1CCCCCCCCCCCC.CCCCCCCCCCCCc1c(O)cc(S(=O)(=O)[O-])c(CCCCCCCCCCCC)c1CCCCCCCCCCCC.[O]=[Zr+2]. The summed E-state index contributed by atoms with van der Waals surface area (Å²) in [5, 5.41) is 22.2. The third kappa shape index (κ3) is 51.6. The van der Waals surface area contributed by atoms with Crippen LogP contribution in [0, 0.1) is 0 Å². The van der Waals surface area contributed by atoms with Gasteiger partial charge in [0.15, 0.2) is 0 Å². The van der Waals surface area contributed by atoms with Crippen molar-refractivity contribution in [2.24, 2.45) is 0 Å². The third-order valence-corrected chi connectivity index (χ3v) is 22.2. The molecular formula is C84H154O9S2Zr. The van der Waals surface area contributed by atoms with Gasteiger partial charge in [-0.15, -0.1) is 0 Å². The summed E-state index contributed by atoms with van der Waals surface area (Å²) >= 11 is 0.300. The monoisotopic (exact) mass is 1460 g/mol. The third-order valence-electron chi connectivity index (χ3n) is 20.4. The molecule has 2 N–H and O–H groups in total. The van der Waals surface area contributed by atoms with Gasteiger partial charge in [-0.2, -0.15) is 0 Å². The summed E-state index contributed by atoms with van der Waals surface area (Å²) in [5.41, 5.74) is 5.22. The van der Waals surface area contributed by atoms with E-state index in [0.717, 1.165) is 149 Å². The van der Waals surface area contributed by atoms with Crippen molar-refractivity contribution in [3.8, 4) is 11.5 Å². The van der Waals surface area contributed by atoms with Crippen LogP contribution in [0.5, 0.6) is 11.5 Å². The van der Waals surface area contributed by atoms with Crippen LogP contribution in [-0.2, 0) is 86.3 Å². The van der Waals surface area contributed by atoms with Crippen LogP contribution in [0.2, 0.25) is 0 Å². The fourth-order valence-electron chi connectivity index (χ4n) is 14.5. The van der Waals surface area contributed by atoms with Crippen LogP contribution < -0.4 is 0 Å². The summed E-state index contributed by atoms with van der Waals surface area (Å²) in [6.45, 7) is 13.5. The Morgan fingerprint density at radius 3 is 0.500 bits per heavy atom. The molecule has 0 aliphatic carbocycles. The second-order valence-corrected chi connectivity index (χ2v) is 31.9. The Kier molecular flexibility index (Phi) is 67.0. The number of aromatic hydroxyl groups is 2. The van der Waals surface area contributed by atoms with Crippen LogP contribution in [0.4, 0.5) is 0 Å². The van der Waals surface area contributed by atoms with Gasteiger partial charge in [0.1, 0.15) is 31.7 Å². The van der Waals surface area contributed by atoms with Crippen molar-refractivity contribution in [3.05, 3.63) is 45.5 Å². The first-order valence-electron chi connectivity index (χ1n) is 41.6. The van der Waals surface area contributed by atoms with E-state index in [0.29, 0.717) is 37.6 Å². The molecule has 0 aromatic heterocycles. The van der Waals surface area contributed by atoms with Gasteiger partial charge in [0.05, 0.1) is 9.79 Å². The molecule has 9 nitrogen and oxygen atoms in total. The van der Waals surface area contributed by atoms with Crippen LogP contribution in [0.3, 0.4) is 0 Å². The Hall–Kier alpha value is -1.46. The number of unbranched alkanes of at least 4 members (excludes halogenated alkanes) is 54.